The summed E-state index contributed by atoms with van der Waals surface area (Å²) in [4.78, 5) is 26.3. The van der Waals surface area contributed by atoms with Crippen LogP contribution in [-0.4, -0.2) is 83.9 Å². The van der Waals surface area contributed by atoms with Gasteiger partial charge in [-0.05, 0) is 44.0 Å². The number of halogens is 1. The SMILES string of the molecule is CN1C[C@H](Oc2ccc(C#N)c(Cl)c2)[C@H](NC(=O)N2CCc3cnc(NC4CCOCC4)nc3C2)C1. The van der Waals surface area contributed by atoms with Crippen LogP contribution >= 0.6 is 11.6 Å². The van der Waals surface area contributed by atoms with Gasteiger partial charge in [0.2, 0.25) is 5.95 Å². The standard InChI is InChI=1S/C25H30ClN7O3/c1-32-13-22(23(15-32)36-19-3-2-16(11-27)20(26)10-19)31-25(34)33-7-4-17-12-28-24(30-21(17)14-33)29-18-5-8-35-9-6-18/h2-3,10,12,18,22-23H,4-9,13-15H2,1H3,(H,31,34)(H,28,29,30)/t22-,23+/m1/s1. The van der Waals surface area contributed by atoms with Crippen LogP contribution in [0.5, 0.6) is 5.75 Å². The first kappa shape index (κ1) is 24.6. The van der Waals surface area contributed by atoms with Crippen molar-refractivity contribution in [2.75, 3.05) is 45.2 Å². The van der Waals surface area contributed by atoms with Crippen LogP contribution < -0.4 is 15.4 Å². The maximum atomic E-state index is 13.2. The number of hydrogen-bond acceptors (Lipinski definition) is 8. The molecular formula is C25H30ClN7O3. The lowest BCUT2D eigenvalue weighted by Gasteiger charge is -2.31. The zero-order valence-corrected chi connectivity index (χ0v) is 21.0. The average molecular weight is 512 g/mol. The number of urea groups is 1. The van der Waals surface area contributed by atoms with Crippen LogP contribution in [0.3, 0.4) is 0 Å². The number of rotatable bonds is 5. The second-order valence-corrected chi connectivity index (χ2v) is 9.96. The van der Waals surface area contributed by atoms with E-state index in [2.05, 4.69) is 20.5 Å². The van der Waals surface area contributed by atoms with Gasteiger partial charge in [-0.3, -0.25) is 0 Å². The van der Waals surface area contributed by atoms with E-state index in [1.165, 1.54) is 0 Å². The summed E-state index contributed by atoms with van der Waals surface area (Å²) in [5.41, 5.74) is 2.36. The van der Waals surface area contributed by atoms with Crippen molar-refractivity contribution in [1.29, 1.82) is 5.26 Å². The van der Waals surface area contributed by atoms with Gasteiger partial charge in [-0.25, -0.2) is 14.8 Å². The van der Waals surface area contributed by atoms with Crippen molar-refractivity contribution in [3.05, 3.63) is 46.2 Å². The Bertz CT molecular complexity index is 1150. The first-order valence-electron chi connectivity index (χ1n) is 12.3. The second kappa shape index (κ2) is 10.9. The molecule has 10 nitrogen and oxygen atoms in total. The largest absolute Gasteiger partial charge is 0.487 e. The Morgan fingerprint density at radius 1 is 1.31 bits per heavy atom. The van der Waals surface area contributed by atoms with E-state index in [4.69, 9.17) is 31.3 Å². The van der Waals surface area contributed by atoms with Crippen molar-refractivity contribution in [3.63, 3.8) is 0 Å². The molecule has 1 aromatic heterocycles. The molecule has 3 aliphatic rings. The van der Waals surface area contributed by atoms with Crippen molar-refractivity contribution in [2.24, 2.45) is 0 Å². The number of fused-ring (bicyclic) bond motifs is 1. The predicted octanol–water partition coefficient (Wildman–Crippen LogP) is 2.42. The van der Waals surface area contributed by atoms with Gasteiger partial charge in [0.1, 0.15) is 17.9 Å². The monoisotopic (exact) mass is 511 g/mol. The lowest BCUT2D eigenvalue weighted by molar-refractivity contribution is 0.0903. The molecule has 2 fully saturated rings. The molecule has 11 heteroatoms. The molecular weight excluding hydrogens is 482 g/mol. The molecule has 2 N–H and O–H groups in total. The minimum absolute atomic E-state index is 0.134. The first-order valence-corrected chi connectivity index (χ1v) is 12.7. The van der Waals surface area contributed by atoms with E-state index in [0.717, 1.165) is 37.3 Å². The topological polar surface area (TPSA) is 116 Å². The number of nitriles is 1. The lowest BCUT2D eigenvalue weighted by Crippen LogP contribution is -2.51. The third-order valence-corrected chi connectivity index (χ3v) is 7.21. The Morgan fingerprint density at radius 2 is 2.14 bits per heavy atom. The molecule has 190 valence electrons. The molecule has 0 saturated carbocycles. The van der Waals surface area contributed by atoms with Crippen molar-refractivity contribution in [3.8, 4) is 11.8 Å². The van der Waals surface area contributed by atoms with E-state index >= 15 is 0 Å². The number of benzene rings is 1. The molecule has 0 radical (unpaired) electrons. The molecule has 0 unspecified atom stereocenters. The number of nitrogens with one attached hydrogen (secondary N) is 2. The molecule has 0 aliphatic carbocycles. The van der Waals surface area contributed by atoms with Gasteiger partial charge in [0.25, 0.3) is 0 Å². The van der Waals surface area contributed by atoms with Crippen LogP contribution in [0.25, 0.3) is 0 Å². The number of nitrogens with zero attached hydrogens (tertiary/aromatic N) is 5. The first-order chi connectivity index (χ1) is 17.5. The summed E-state index contributed by atoms with van der Waals surface area (Å²) in [6, 6.07) is 7.05. The predicted molar refractivity (Wildman–Crippen MR) is 134 cm³/mol. The molecule has 5 rings (SSSR count). The molecule has 2 aromatic rings. The van der Waals surface area contributed by atoms with E-state index in [0.29, 0.717) is 60.9 Å². The van der Waals surface area contributed by atoms with Gasteiger partial charge in [0.15, 0.2) is 0 Å². The Labute approximate surface area is 215 Å². The van der Waals surface area contributed by atoms with Gasteiger partial charge in [0, 0.05) is 51.2 Å². The Hall–Kier alpha value is -3.13. The highest BCUT2D eigenvalue weighted by Crippen LogP contribution is 2.25. The molecule has 1 aromatic carbocycles. The Balaban J connectivity index is 1.21. The smallest absolute Gasteiger partial charge is 0.318 e. The van der Waals surface area contributed by atoms with Gasteiger partial charge in [-0.15, -0.1) is 0 Å². The average Bonchev–Trinajstić information content (AvgIpc) is 3.22. The molecule has 36 heavy (non-hydrogen) atoms. The van der Waals surface area contributed by atoms with Crippen molar-refractivity contribution < 1.29 is 14.3 Å². The summed E-state index contributed by atoms with van der Waals surface area (Å²) in [5.74, 6) is 1.18. The Kier molecular flexibility index (Phi) is 7.41. The van der Waals surface area contributed by atoms with Crippen LogP contribution in [0.15, 0.2) is 24.4 Å². The van der Waals surface area contributed by atoms with Crippen LogP contribution in [0.1, 0.15) is 29.7 Å². The summed E-state index contributed by atoms with van der Waals surface area (Å²) in [7, 11) is 2.00. The number of amides is 2. The maximum absolute atomic E-state index is 13.2. The molecule has 0 spiro atoms. The highest BCUT2D eigenvalue weighted by molar-refractivity contribution is 6.31. The summed E-state index contributed by atoms with van der Waals surface area (Å²) in [5, 5.41) is 16.0. The number of carbonyl (C=O) groups is 1. The number of likely N-dealkylation sites (N-methyl/N-ethyl adjacent to an activating group) is 1. The summed E-state index contributed by atoms with van der Waals surface area (Å²) in [6.07, 6.45) is 4.22. The van der Waals surface area contributed by atoms with E-state index in [9.17, 15) is 4.79 Å². The van der Waals surface area contributed by atoms with E-state index in [1.807, 2.05) is 19.3 Å². The lowest BCUT2D eigenvalue weighted by atomic mass is 10.1. The Morgan fingerprint density at radius 3 is 2.92 bits per heavy atom. The fourth-order valence-electron chi connectivity index (χ4n) is 4.88. The van der Waals surface area contributed by atoms with Crippen molar-refractivity contribution in [2.45, 2.75) is 44.0 Å². The zero-order valence-electron chi connectivity index (χ0n) is 20.2. The minimum Gasteiger partial charge on any atom is -0.487 e. The van der Waals surface area contributed by atoms with Gasteiger partial charge < -0.3 is 29.9 Å². The molecule has 3 aliphatic heterocycles. The van der Waals surface area contributed by atoms with Gasteiger partial charge in [-0.1, -0.05) is 11.6 Å². The van der Waals surface area contributed by atoms with Gasteiger partial charge >= 0.3 is 6.03 Å². The third kappa shape index (κ3) is 5.64. The minimum atomic E-state index is -0.238. The number of carbonyl (C=O) groups excluding carboxylic acids is 1. The van der Waals surface area contributed by atoms with Crippen molar-refractivity contribution in [1.82, 2.24) is 25.1 Å². The van der Waals surface area contributed by atoms with Crippen LogP contribution in [0.2, 0.25) is 5.02 Å². The number of ether oxygens (including phenoxy) is 2. The fourth-order valence-corrected chi connectivity index (χ4v) is 5.09. The van der Waals surface area contributed by atoms with E-state index < -0.39 is 0 Å². The number of hydrogen-bond donors (Lipinski definition) is 2. The molecule has 2 saturated heterocycles. The molecule has 4 heterocycles. The highest BCUT2D eigenvalue weighted by Gasteiger charge is 2.35. The molecule has 2 atom stereocenters. The van der Waals surface area contributed by atoms with Crippen molar-refractivity contribution >= 4 is 23.6 Å². The maximum Gasteiger partial charge on any atom is 0.318 e. The van der Waals surface area contributed by atoms with Crippen LogP contribution in [-0.2, 0) is 17.7 Å². The fraction of sp³-hybridized carbons (Fsp3) is 0.520. The summed E-state index contributed by atoms with van der Waals surface area (Å²) in [6.45, 7) is 3.87. The van der Waals surface area contributed by atoms with Gasteiger partial charge in [-0.2, -0.15) is 5.26 Å². The highest BCUT2D eigenvalue weighted by atomic mass is 35.5. The summed E-state index contributed by atoms with van der Waals surface area (Å²) >= 11 is 6.16. The number of aromatic nitrogens is 2. The second-order valence-electron chi connectivity index (χ2n) is 9.56. The zero-order chi connectivity index (χ0) is 25.1. The quantitative estimate of drug-likeness (QED) is 0.629. The van der Waals surface area contributed by atoms with Gasteiger partial charge in [0.05, 0.1) is 28.9 Å². The number of anilines is 1. The van der Waals surface area contributed by atoms with E-state index in [1.54, 1.807) is 23.1 Å². The van der Waals surface area contributed by atoms with Crippen LogP contribution in [0, 0.1) is 11.3 Å². The van der Waals surface area contributed by atoms with Crippen LogP contribution in [0.4, 0.5) is 10.7 Å². The summed E-state index contributed by atoms with van der Waals surface area (Å²) < 4.78 is 11.6. The third-order valence-electron chi connectivity index (χ3n) is 6.89. The number of likely N-dealkylation sites (tertiary alicyclic amines) is 1. The molecule has 0 bridgehead atoms. The normalized spacial score (nSPS) is 22.5. The molecule has 2 amide bonds. The van der Waals surface area contributed by atoms with E-state index in [-0.39, 0.29) is 18.2 Å².